The molecule has 6 heteroatoms. The summed E-state index contributed by atoms with van der Waals surface area (Å²) in [5.74, 6) is 0.233. The highest BCUT2D eigenvalue weighted by atomic mass is 16.5. The monoisotopic (exact) mass is 327 g/mol. The Kier molecular flexibility index (Phi) is 4.06. The average molecular weight is 327 g/mol. The number of fused-ring (bicyclic) bond motifs is 1. The molecule has 1 aromatic rings. The van der Waals surface area contributed by atoms with Crippen LogP contribution in [0.15, 0.2) is 36.7 Å². The number of hydrogen-bond acceptors (Lipinski definition) is 4. The van der Waals surface area contributed by atoms with Crippen LogP contribution in [0.4, 0.5) is 0 Å². The molecule has 0 unspecified atom stereocenters. The zero-order valence-corrected chi connectivity index (χ0v) is 13.5. The van der Waals surface area contributed by atoms with Gasteiger partial charge in [-0.3, -0.25) is 14.6 Å². The van der Waals surface area contributed by atoms with Crippen LogP contribution >= 0.6 is 0 Å². The topological polar surface area (TPSA) is 62.7 Å². The van der Waals surface area contributed by atoms with Gasteiger partial charge in [-0.15, -0.1) is 0 Å². The van der Waals surface area contributed by atoms with E-state index in [-0.39, 0.29) is 36.5 Å². The van der Waals surface area contributed by atoms with Gasteiger partial charge in [-0.2, -0.15) is 0 Å². The Bertz CT molecular complexity index is 653. The molecular weight excluding hydrogens is 306 g/mol. The van der Waals surface area contributed by atoms with Crippen molar-refractivity contribution in [1.29, 1.82) is 0 Å². The van der Waals surface area contributed by atoms with E-state index in [1.165, 1.54) is 0 Å². The summed E-state index contributed by atoms with van der Waals surface area (Å²) in [6, 6.07) is 3.77. The van der Waals surface area contributed by atoms with Gasteiger partial charge in [-0.1, -0.05) is 18.2 Å². The van der Waals surface area contributed by atoms with Gasteiger partial charge in [0, 0.05) is 37.9 Å². The predicted octanol–water partition coefficient (Wildman–Crippen LogP) is 0.986. The van der Waals surface area contributed by atoms with E-state index in [4.69, 9.17) is 4.74 Å². The summed E-state index contributed by atoms with van der Waals surface area (Å²) in [4.78, 5) is 32.8. The van der Waals surface area contributed by atoms with E-state index < -0.39 is 0 Å². The van der Waals surface area contributed by atoms with Crippen molar-refractivity contribution in [2.45, 2.75) is 31.5 Å². The third kappa shape index (κ3) is 2.82. The van der Waals surface area contributed by atoms with Crippen LogP contribution in [0.1, 0.15) is 18.4 Å². The molecule has 0 N–H and O–H groups in total. The normalized spacial score (nSPS) is 26.9. The molecule has 6 nitrogen and oxygen atoms in total. The third-order valence-corrected chi connectivity index (χ3v) is 5.12. The Morgan fingerprint density at radius 2 is 2.12 bits per heavy atom. The summed E-state index contributed by atoms with van der Waals surface area (Å²) in [6.07, 6.45) is 9.20. The third-order valence-electron chi connectivity index (χ3n) is 5.12. The molecule has 2 fully saturated rings. The van der Waals surface area contributed by atoms with Gasteiger partial charge < -0.3 is 14.5 Å². The minimum absolute atomic E-state index is 0.0167. The molecule has 4 rings (SSSR count). The van der Waals surface area contributed by atoms with Crippen molar-refractivity contribution in [3.8, 4) is 0 Å². The van der Waals surface area contributed by atoms with Gasteiger partial charge in [0.1, 0.15) is 6.61 Å². The number of allylic oxidation sites excluding steroid dienone is 2. The van der Waals surface area contributed by atoms with Crippen LogP contribution in [0, 0.1) is 5.92 Å². The Hall–Kier alpha value is -2.21. The number of ether oxygens (including phenoxy) is 1. The SMILES string of the molecule is O=C(C1CC=CC1)N1C[C@@H]2[C@@H](C1)OCC(=O)N2Cc1cccnc1. The van der Waals surface area contributed by atoms with Crippen molar-refractivity contribution in [3.63, 3.8) is 0 Å². The lowest BCUT2D eigenvalue weighted by molar-refractivity contribution is -0.153. The summed E-state index contributed by atoms with van der Waals surface area (Å²) in [5.41, 5.74) is 0.997. The molecule has 126 valence electrons. The lowest BCUT2D eigenvalue weighted by atomic mass is 10.1. The van der Waals surface area contributed by atoms with Crippen LogP contribution in [0.2, 0.25) is 0 Å². The van der Waals surface area contributed by atoms with E-state index in [2.05, 4.69) is 17.1 Å². The number of pyridine rings is 1. The fourth-order valence-corrected chi connectivity index (χ4v) is 3.82. The summed E-state index contributed by atoms with van der Waals surface area (Å²) in [6.45, 7) is 1.75. The van der Waals surface area contributed by atoms with Crippen LogP contribution in [0.25, 0.3) is 0 Å². The van der Waals surface area contributed by atoms with Crippen molar-refractivity contribution in [2.75, 3.05) is 19.7 Å². The molecule has 24 heavy (non-hydrogen) atoms. The van der Waals surface area contributed by atoms with Crippen LogP contribution in [0.5, 0.6) is 0 Å². The molecule has 3 heterocycles. The average Bonchev–Trinajstić information content (AvgIpc) is 3.27. The minimum atomic E-state index is -0.0855. The fourth-order valence-electron chi connectivity index (χ4n) is 3.82. The number of amides is 2. The van der Waals surface area contributed by atoms with Crippen LogP contribution in [-0.4, -0.2) is 58.4 Å². The van der Waals surface area contributed by atoms with Crippen molar-refractivity contribution in [2.24, 2.45) is 5.92 Å². The molecule has 3 aliphatic rings. The van der Waals surface area contributed by atoms with Gasteiger partial charge in [-0.25, -0.2) is 0 Å². The molecule has 0 spiro atoms. The summed E-state index contributed by atoms with van der Waals surface area (Å²) in [5, 5.41) is 0. The quantitative estimate of drug-likeness (QED) is 0.777. The highest BCUT2D eigenvalue weighted by Crippen LogP contribution is 2.28. The smallest absolute Gasteiger partial charge is 0.249 e. The molecule has 2 amide bonds. The Labute approximate surface area is 141 Å². The van der Waals surface area contributed by atoms with Crippen molar-refractivity contribution < 1.29 is 14.3 Å². The first-order chi connectivity index (χ1) is 11.7. The van der Waals surface area contributed by atoms with E-state index in [0.717, 1.165) is 18.4 Å². The van der Waals surface area contributed by atoms with Gasteiger partial charge in [-0.05, 0) is 24.5 Å². The first-order valence-corrected chi connectivity index (χ1v) is 8.46. The summed E-state index contributed by atoms with van der Waals surface area (Å²) in [7, 11) is 0. The molecule has 2 aliphatic heterocycles. The predicted molar refractivity (Wildman–Crippen MR) is 86.8 cm³/mol. The molecular formula is C18H21N3O3. The number of nitrogens with zero attached hydrogens (tertiary/aromatic N) is 3. The maximum absolute atomic E-state index is 12.7. The number of morpholine rings is 1. The molecule has 0 bridgehead atoms. The second-order valence-electron chi connectivity index (χ2n) is 6.68. The van der Waals surface area contributed by atoms with E-state index >= 15 is 0 Å². The molecule has 1 aliphatic carbocycles. The standard InChI is InChI=1S/C18H21N3O3/c22-17-12-24-16-11-20(18(23)14-5-1-2-6-14)10-15(16)21(17)9-13-4-3-7-19-8-13/h1-4,7-8,14-16H,5-6,9-12H2/t15-,16-/m1/s1. The van der Waals surface area contributed by atoms with Gasteiger partial charge in [0.05, 0.1) is 12.1 Å². The lowest BCUT2D eigenvalue weighted by Crippen LogP contribution is -2.53. The number of hydrogen-bond donors (Lipinski definition) is 0. The van der Waals surface area contributed by atoms with E-state index in [0.29, 0.717) is 19.6 Å². The van der Waals surface area contributed by atoms with Gasteiger partial charge >= 0.3 is 0 Å². The van der Waals surface area contributed by atoms with Crippen molar-refractivity contribution in [3.05, 3.63) is 42.2 Å². The van der Waals surface area contributed by atoms with Crippen molar-refractivity contribution >= 4 is 11.8 Å². The van der Waals surface area contributed by atoms with E-state index in [1.54, 1.807) is 12.4 Å². The van der Waals surface area contributed by atoms with Crippen molar-refractivity contribution in [1.82, 2.24) is 14.8 Å². The largest absolute Gasteiger partial charge is 0.364 e. The molecule has 0 saturated carbocycles. The second-order valence-corrected chi connectivity index (χ2v) is 6.68. The summed E-state index contributed by atoms with van der Waals surface area (Å²) >= 11 is 0. The Morgan fingerprint density at radius 3 is 2.88 bits per heavy atom. The van der Waals surface area contributed by atoms with E-state index in [1.807, 2.05) is 21.9 Å². The molecule has 1 aromatic heterocycles. The number of carbonyl (C=O) groups is 2. The zero-order valence-electron chi connectivity index (χ0n) is 13.5. The molecule has 2 atom stereocenters. The maximum Gasteiger partial charge on any atom is 0.249 e. The second kappa shape index (κ2) is 6.36. The fraction of sp³-hybridized carbons (Fsp3) is 0.500. The number of rotatable bonds is 3. The number of carbonyl (C=O) groups excluding carboxylic acids is 2. The first-order valence-electron chi connectivity index (χ1n) is 8.46. The Balaban J connectivity index is 1.47. The maximum atomic E-state index is 12.7. The Morgan fingerprint density at radius 1 is 1.29 bits per heavy atom. The summed E-state index contributed by atoms with van der Waals surface area (Å²) < 4.78 is 5.71. The van der Waals surface area contributed by atoms with Gasteiger partial charge in [0.15, 0.2) is 0 Å². The number of likely N-dealkylation sites (tertiary alicyclic amines) is 1. The molecule has 0 aromatic carbocycles. The lowest BCUT2D eigenvalue weighted by Gasteiger charge is -2.36. The minimum Gasteiger partial charge on any atom is -0.364 e. The van der Waals surface area contributed by atoms with Crippen LogP contribution in [0.3, 0.4) is 0 Å². The van der Waals surface area contributed by atoms with Crippen LogP contribution in [-0.2, 0) is 20.9 Å². The molecule has 0 radical (unpaired) electrons. The first kappa shape index (κ1) is 15.3. The number of aromatic nitrogens is 1. The highest BCUT2D eigenvalue weighted by molar-refractivity contribution is 5.81. The highest BCUT2D eigenvalue weighted by Gasteiger charge is 2.45. The zero-order chi connectivity index (χ0) is 16.5. The van der Waals surface area contributed by atoms with Gasteiger partial charge in [0.25, 0.3) is 0 Å². The molecule has 2 saturated heterocycles. The van der Waals surface area contributed by atoms with Gasteiger partial charge in [0.2, 0.25) is 11.8 Å². The van der Waals surface area contributed by atoms with E-state index in [9.17, 15) is 9.59 Å². The van der Waals surface area contributed by atoms with Crippen LogP contribution < -0.4 is 0 Å².